The Morgan fingerprint density at radius 3 is 1.88 bits per heavy atom. The molecule has 10 aromatic rings. The van der Waals surface area contributed by atoms with E-state index in [0.717, 1.165) is 54.6 Å². The molecule has 0 saturated carbocycles. The molecule has 0 N–H and O–H groups in total. The Morgan fingerprint density at radius 2 is 1.10 bits per heavy atom. The van der Waals surface area contributed by atoms with Gasteiger partial charge in [-0.25, -0.2) is 0 Å². The van der Waals surface area contributed by atoms with Gasteiger partial charge < -0.3 is 13.9 Å². The van der Waals surface area contributed by atoms with E-state index in [1.807, 2.05) is 108 Å². The molecule has 0 atom stereocenters. The number of para-hydroxylation sites is 4. The van der Waals surface area contributed by atoms with Crippen LogP contribution in [0.5, 0.6) is 0 Å². The second kappa shape index (κ2) is 11.0. The van der Waals surface area contributed by atoms with E-state index in [1.165, 1.54) is 0 Å². The van der Waals surface area contributed by atoms with Crippen molar-refractivity contribution in [2.45, 2.75) is 0 Å². The molecule has 49 heavy (non-hydrogen) atoms. The van der Waals surface area contributed by atoms with E-state index >= 15 is 0 Å². The maximum Gasteiger partial charge on any atom is 0.143 e. The van der Waals surface area contributed by atoms with Gasteiger partial charge in [-0.2, -0.15) is 0 Å². The first-order chi connectivity index (χ1) is 26.0. The van der Waals surface area contributed by atoms with E-state index in [1.54, 1.807) is 0 Å². The second-order valence-electron chi connectivity index (χ2n) is 12.2. The third-order valence-corrected chi connectivity index (χ3v) is 9.45. The molecule has 0 radical (unpaired) electrons. The van der Waals surface area contributed by atoms with E-state index in [-0.39, 0.29) is 35.4 Å². The van der Waals surface area contributed by atoms with Crippen LogP contribution < -0.4 is 4.90 Å². The maximum atomic E-state index is 9.64. The van der Waals surface area contributed by atoms with Gasteiger partial charge in [0.15, 0.2) is 0 Å². The summed E-state index contributed by atoms with van der Waals surface area (Å²) < 4.78 is 46.8. The number of furan rings is 1. The highest BCUT2D eigenvalue weighted by atomic mass is 16.3. The molecule has 0 aliphatic heterocycles. The molecular weight excluding hydrogens is 597 g/mol. The second-order valence-corrected chi connectivity index (χ2v) is 12.2. The van der Waals surface area contributed by atoms with Gasteiger partial charge in [-0.1, -0.05) is 127 Å². The lowest BCUT2D eigenvalue weighted by Crippen LogP contribution is -2.13. The van der Waals surface area contributed by atoms with Gasteiger partial charge >= 0.3 is 0 Å². The summed E-state index contributed by atoms with van der Waals surface area (Å²) in [6.45, 7) is 0. The van der Waals surface area contributed by atoms with E-state index in [2.05, 4.69) is 59.2 Å². The smallest absolute Gasteiger partial charge is 0.143 e. The largest absolute Gasteiger partial charge is 0.455 e. The molecular formula is C46H30N2O. The highest BCUT2D eigenvalue weighted by Gasteiger charge is 2.24. The molecule has 0 amide bonds. The van der Waals surface area contributed by atoms with Gasteiger partial charge in [0.1, 0.15) is 11.2 Å². The molecule has 2 heterocycles. The molecule has 230 valence electrons. The van der Waals surface area contributed by atoms with E-state index in [4.69, 9.17) is 4.42 Å². The molecule has 3 heteroatoms. The zero-order valence-corrected chi connectivity index (χ0v) is 26.3. The molecule has 0 aliphatic carbocycles. The van der Waals surface area contributed by atoms with Crippen molar-refractivity contribution in [2.24, 2.45) is 0 Å². The lowest BCUT2D eigenvalue weighted by molar-refractivity contribution is 0.672. The fourth-order valence-corrected chi connectivity index (χ4v) is 7.28. The zero-order valence-electron chi connectivity index (χ0n) is 30.3. The number of hydrogen-bond donors (Lipinski definition) is 0. The number of fused-ring (bicyclic) bond motifs is 8. The Balaban J connectivity index is 1.35. The van der Waals surface area contributed by atoms with Crippen LogP contribution in [0.2, 0.25) is 0 Å². The minimum atomic E-state index is -0.142. The van der Waals surface area contributed by atoms with Crippen LogP contribution in [0.25, 0.3) is 71.3 Å². The van der Waals surface area contributed by atoms with Crippen LogP contribution in [0, 0.1) is 0 Å². The lowest BCUT2D eigenvalue weighted by Gasteiger charge is -2.29. The predicted octanol–water partition coefficient (Wildman–Crippen LogP) is 13.0. The Morgan fingerprint density at radius 1 is 0.469 bits per heavy atom. The molecule has 0 unspecified atom stereocenters. The fraction of sp³-hybridized carbons (Fsp3) is 0. The maximum absolute atomic E-state index is 9.64. The van der Waals surface area contributed by atoms with Crippen LogP contribution in [0.3, 0.4) is 0 Å². The number of rotatable bonds is 5. The van der Waals surface area contributed by atoms with Gasteiger partial charge in [0, 0.05) is 27.2 Å². The van der Waals surface area contributed by atoms with Crippen LogP contribution in [0.4, 0.5) is 17.1 Å². The van der Waals surface area contributed by atoms with Crippen molar-refractivity contribution >= 4 is 71.6 Å². The standard InChI is InChI=1S/C46H30N2O/c1-2-13-31(14-3-1)32-25-28-34(29-26-32)47(43-23-12-24-44-45(43)38-30-27-33-15-4-5-16-35(33)46(38)49-44)41-21-10-11-22-42(41)48-39-19-8-6-17-36(39)37-18-7-9-20-40(37)48/h1-30H/i25D,26D,28D,29D. The summed E-state index contributed by atoms with van der Waals surface area (Å²) in [5.41, 5.74) is 6.66. The van der Waals surface area contributed by atoms with Crippen molar-refractivity contribution in [3.8, 4) is 16.8 Å². The summed E-state index contributed by atoms with van der Waals surface area (Å²) in [6.07, 6.45) is 0. The quantitative estimate of drug-likeness (QED) is 0.189. The Labute approximate surface area is 289 Å². The summed E-state index contributed by atoms with van der Waals surface area (Å²) >= 11 is 0. The van der Waals surface area contributed by atoms with Crippen LogP contribution in [-0.2, 0) is 0 Å². The van der Waals surface area contributed by atoms with Gasteiger partial charge in [-0.05, 0) is 71.1 Å². The minimum absolute atomic E-state index is 0.109. The lowest BCUT2D eigenvalue weighted by atomic mass is 10.0. The molecule has 0 aliphatic rings. The van der Waals surface area contributed by atoms with Crippen molar-refractivity contribution in [1.29, 1.82) is 0 Å². The Hall–Kier alpha value is -6.58. The molecule has 10 rings (SSSR count). The van der Waals surface area contributed by atoms with Crippen LogP contribution in [-0.4, -0.2) is 4.57 Å². The van der Waals surface area contributed by atoms with Gasteiger partial charge in [0.2, 0.25) is 0 Å². The first-order valence-electron chi connectivity index (χ1n) is 18.4. The Kier molecular flexibility index (Phi) is 5.32. The normalized spacial score (nSPS) is 12.8. The summed E-state index contributed by atoms with van der Waals surface area (Å²) in [5.74, 6) is 0. The van der Waals surface area contributed by atoms with Gasteiger partial charge in [-0.3, -0.25) is 0 Å². The van der Waals surface area contributed by atoms with Crippen LogP contribution in [0.15, 0.2) is 186 Å². The summed E-state index contributed by atoms with van der Waals surface area (Å²) in [5, 5.41) is 5.97. The number of nitrogens with zero attached hydrogens (tertiary/aromatic N) is 2. The van der Waals surface area contributed by atoms with Crippen molar-refractivity contribution in [3.05, 3.63) is 182 Å². The van der Waals surface area contributed by atoms with Crippen molar-refractivity contribution < 1.29 is 9.90 Å². The summed E-state index contributed by atoms with van der Waals surface area (Å²) in [7, 11) is 0. The average molecular weight is 631 g/mol. The van der Waals surface area contributed by atoms with E-state index < -0.39 is 0 Å². The molecule has 0 bridgehead atoms. The average Bonchev–Trinajstić information content (AvgIpc) is 3.76. The molecule has 8 aromatic carbocycles. The highest BCUT2D eigenvalue weighted by molar-refractivity contribution is 6.20. The monoisotopic (exact) mass is 630 g/mol. The van der Waals surface area contributed by atoms with Crippen LogP contribution >= 0.6 is 0 Å². The zero-order chi connectivity index (χ0) is 35.8. The predicted molar refractivity (Wildman–Crippen MR) is 206 cm³/mol. The minimum Gasteiger partial charge on any atom is -0.455 e. The van der Waals surface area contributed by atoms with Crippen molar-refractivity contribution in [2.75, 3.05) is 4.90 Å². The number of benzene rings is 8. The first-order valence-corrected chi connectivity index (χ1v) is 16.4. The number of anilines is 3. The van der Waals surface area contributed by atoms with E-state index in [9.17, 15) is 5.48 Å². The Bertz CT molecular complexity index is 2990. The van der Waals surface area contributed by atoms with Crippen molar-refractivity contribution in [3.63, 3.8) is 0 Å². The SMILES string of the molecule is [2H]c1c([2H])c(N(c2ccccc2-n2c3ccccc3c3ccccc32)c2cccc3oc4c5ccccc5ccc4c23)c([2H])c([2H])c1-c1ccccc1. The molecule has 0 spiro atoms. The third kappa shape index (κ3) is 4.29. The third-order valence-electron chi connectivity index (χ3n) is 9.45. The number of hydrogen-bond acceptors (Lipinski definition) is 2. The molecule has 0 saturated heterocycles. The topological polar surface area (TPSA) is 21.3 Å². The van der Waals surface area contributed by atoms with Gasteiger partial charge in [0.25, 0.3) is 0 Å². The fourth-order valence-electron chi connectivity index (χ4n) is 7.28. The van der Waals surface area contributed by atoms with E-state index in [0.29, 0.717) is 22.5 Å². The molecule has 2 aromatic heterocycles. The first kappa shape index (κ1) is 23.7. The van der Waals surface area contributed by atoms with Crippen LogP contribution in [0.1, 0.15) is 5.48 Å². The number of aromatic nitrogens is 1. The summed E-state index contributed by atoms with van der Waals surface area (Å²) in [4.78, 5) is 1.90. The van der Waals surface area contributed by atoms with Crippen molar-refractivity contribution in [1.82, 2.24) is 4.57 Å². The summed E-state index contributed by atoms with van der Waals surface area (Å²) in [6, 6.07) is 51.5. The molecule has 0 fully saturated rings. The molecule has 3 nitrogen and oxygen atoms in total. The van der Waals surface area contributed by atoms with Gasteiger partial charge in [-0.15, -0.1) is 0 Å². The highest BCUT2D eigenvalue weighted by Crippen LogP contribution is 2.47. The van der Waals surface area contributed by atoms with Gasteiger partial charge in [0.05, 0.1) is 39.0 Å².